The lowest BCUT2D eigenvalue weighted by atomic mass is 10.1. The monoisotopic (exact) mass is 308 g/mol. The molecule has 114 valence electrons. The first-order valence-corrected chi connectivity index (χ1v) is 7.04. The number of benzene rings is 1. The number of nitrogens with one attached hydrogen (secondary N) is 1. The zero-order valence-corrected chi connectivity index (χ0v) is 12.0. The van der Waals surface area contributed by atoms with Crippen molar-refractivity contribution in [3.8, 4) is 0 Å². The van der Waals surface area contributed by atoms with Crippen molar-refractivity contribution in [2.75, 3.05) is 0 Å². The molecule has 0 amide bonds. The van der Waals surface area contributed by atoms with Crippen LogP contribution < -0.4 is 5.56 Å². The van der Waals surface area contributed by atoms with Gasteiger partial charge in [-0.25, -0.2) is 9.67 Å². The number of aromatic nitrogens is 6. The van der Waals surface area contributed by atoms with E-state index in [1.165, 1.54) is 12.5 Å². The third kappa shape index (κ3) is 2.61. The Kier molecular flexibility index (Phi) is 3.19. The first kappa shape index (κ1) is 13.4. The van der Waals surface area contributed by atoms with Gasteiger partial charge in [0, 0.05) is 6.42 Å². The van der Waals surface area contributed by atoms with Crippen molar-refractivity contribution in [3.05, 3.63) is 70.5 Å². The predicted octanol–water partition coefficient (Wildman–Crippen LogP) is 1.14. The maximum absolute atomic E-state index is 11.7. The third-order valence-electron chi connectivity index (χ3n) is 3.44. The van der Waals surface area contributed by atoms with Gasteiger partial charge in [-0.3, -0.25) is 4.79 Å². The predicted molar refractivity (Wildman–Crippen MR) is 80.8 cm³/mol. The molecule has 0 aliphatic carbocycles. The van der Waals surface area contributed by atoms with Crippen LogP contribution in [-0.4, -0.2) is 29.9 Å². The number of nitrogens with zero attached hydrogens (tertiary/aromatic N) is 5. The normalized spacial score (nSPS) is 11.1. The summed E-state index contributed by atoms with van der Waals surface area (Å²) in [6.07, 6.45) is 3.42. The fourth-order valence-electron chi connectivity index (χ4n) is 2.35. The molecule has 0 aliphatic heterocycles. The maximum atomic E-state index is 11.7. The molecule has 0 fully saturated rings. The van der Waals surface area contributed by atoms with Crippen LogP contribution in [0.1, 0.15) is 17.3 Å². The molecule has 0 spiro atoms. The van der Waals surface area contributed by atoms with Crippen LogP contribution in [0.5, 0.6) is 0 Å². The molecule has 0 radical (unpaired) electrons. The molecule has 1 N–H and O–H groups in total. The number of rotatable bonds is 4. The Morgan fingerprint density at radius 3 is 2.96 bits per heavy atom. The first-order valence-electron chi connectivity index (χ1n) is 7.04. The van der Waals surface area contributed by atoms with Gasteiger partial charge in [0.2, 0.25) is 5.89 Å². The number of fused-ring (bicyclic) bond motifs is 1. The summed E-state index contributed by atoms with van der Waals surface area (Å²) in [5.41, 5.74) is 1.37. The summed E-state index contributed by atoms with van der Waals surface area (Å²) in [6, 6.07) is 9.91. The smallest absolute Gasteiger partial charge is 0.261 e. The lowest BCUT2D eigenvalue weighted by Gasteiger charge is -1.97. The van der Waals surface area contributed by atoms with Crippen molar-refractivity contribution in [1.29, 1.82) is 0 Å². The highest BCUT2D eigenvalue weighted by atomic mass is 16.5. The van der Waals surface area contributed by atoms with Gasteiger partial charge >= 0.3 is 0 Å². The number of hydrogen-bond donors (Lipinski definition) is 1. The van der Waals surface area contributed by atoms with Crippen LogP contribution in [0.25, 0.3) is 11.0 Å². The maximum Gasteiger partial charge on any atom is 0.261 e. The van der Waals surface area contributed by atoms with Crippen LogP contribution in [-0.2, 0) is 13.0 Å². The van der Waals surface area contributed by atoms with Gasteiger partial charge in [-0.2, -0.15) is 10.1 Å². The number of aromatic amines is 1. The van der Waals surface area contributed by atoms with Crippen LogP contribution in [0.3, 0.4) is 0 Å². The van der Waals surface area contributed by atoms with Gasteiger partial charge in [-0.15, -0.1) is 0 Å². The highest BCUT2D eigenvalue weighted by Gasteiger charge is 2.12. The molecular weight excluding hydrogens is 296 g/mol. The van der Waals surface area contributed by atoms with E-state index in [9.17, 15) is 4.79 Å². The highest BCUT2D eigenvalue weighted by Crippen LogP contribution is 2.10. The molecule has 0 aliphatic rings. The summed E-state index contributed by atoms with van der Waals surface area (Å²) in [5, 5.41) is 8.55. The van der Waals surface area contributed by atoms with Crippen molar-refractivity contribution < 1.29 is 4.52 Å². The van der Waals surface area contributed by atoms with E-state index >= 15 is 0 Å². The minimum absolute atomic E-state index is 0.225. The summed E-state index contributed by atoms with van der Waals surface area (Å²) in [7, 11) is 0. The Hall–Kier alpha value is -3.29. The quantitative estimate of drug-likeness (QED) is 0.606. The second kappa shape index (κ2) is 5.48. The van der Waals surface area contributed by atoms with E-state index in [-0.39, 0.29) is 12.1 Å². The third-order valence-corrected chi connectivity index (χ3v) is 3.44. The van der Waals surface area contributed by atoms with Crippen LogP contribution >= 0.6 is 0 Å². The molecule has 8 nitrogen and oxygen atoms in total. The van der Waals surface area contributed by atoms with E-state index in [0.717, 1.165) is 5.56 Å². The van der Waals surface area contributed by atoms with Crippen LogP contribution in [0.15, 0.2) is 52.2 Å². The Labute approximate surface area is 129 Å². The summed E-state index contributed by atoms with van der Waals surface area (Å²) >= 11 is 0. The topological polar surface area (TPSA) is 102 Å². The lowest BCUT2D eigenvalue weighted by molar-refractivity contribution is 0.363. The highest BCUT2D eigenvalue weighted by molar-refractivity contribution is 5.72. The Bertz CT molecular complexity index is 1000. The standard InChI is InChI=1S/C15H12N6O2/c22-15-11-7-18-21(14(11)16-9-17-15)8-13-19-12(20-23-13)6-10-4-2-1-3-5-10/h1-5,7,9H,6,8H2,(H,16,17,22). The molecule has 3 heterocycles. The van der Waals surface area contributed by atoms with Crippen molar-refractivity contribution in [2.45, 2.75) is 13.0 Å². The second-order valence-electron chi connectivity index (χ2n) is 5.04. The van der Waals surface area contributed by atoms with Gasteiger partial charge in [0.25, 0.3) is 5.56 Å². The molecule has 0 saturated heterocycles. The van der Waals surface area contributed by atoms with E-state index < -0.39 is 0 Å². The summed E-state index contributed by atoms with van der Waals surface area (Å²) in [4.78, 5) is 22.6. The lowest BCUT2D eigenvalue weighted by Crippen LogP contribution is -2.08. The van der Waals surface area contributed by atoms with E-state index in [1.54, 1.807) is 4.68 Å². The zero-order valence-electron chi connectivity index (χ0n) is 12.0. The minimum atomic E-state index is -0.225. The van der Waals surface area contributed by atoms with Crippen LogP contribution in [0.4, 0.5) is 0 Å². The molecular formula is C15H12N6O2. The van der Waals surface area contributed by atoms with Crippen molar-refractivity contribution >= 4 is 11.0 Å². The molecule has 23 heavy (non-hydrogen) atoms. The largest absolute Gasteiger partial charge is 0.337 e. The minimum Gasteiger partial charge on any atom is -0.337 e. The molecule has 0 atom stereocenters. The molecule has 4 rings (SSSR count). The zero-order chi connectivity index (χ0) is 15.6. The Balaban J connectivity index is 1.57. The fourth-order valence-corrected chi connectivity index (χ4v) is 2.35. The summed E-state index contributed by atoms with van der Waals surface area (Å²) in [6.45, 7) is 0.266. The van der Waals surface area contributed by atoms with Gasteiger partial charge in [-0.1, -0.05) is 35.5 Å². The summed E-state index contributed by atoms with van der Waals surface area (Å²) < 4.78 is 6.81. The van der Waals surface area contributed by atoms with E-state index in [0.29, 0.717) is 29.2 Å². The van der Waals surface area contributed by atoms with Crippen molar-refractivity contribution in [3.63, 3.8) is 0 Å². The molecule has 4 aromatic rings. The van der Waals surface area contributed by atoms with E-state index in [1.807, 2.05) is 30.3 Å². The Morgan fingerprint density at radius 1 is 1.22 bits per heavy atom. The van der Waals surface area contributed by atoms with E-state index in [2.05, 4.69) is 25.2 Å². The average Bonchev–Trinajstić information content (AvgIpc) is 3.17. The fraction of sp³-hybridized carbons (Fsp3) is 0.133. The molecule has 0 bridgehead atoms. The summed E-state index contributed by atoms with van der Waals surface area (Å²) in [5.74, 6) is 1.02. The van der Waals surface area contributed by atoms with Gasteiger partial charge in [0.05, 0.1) is 12.5 Å². The number of hydrogen-bond acceptors (Lipinski definition) is 6. The van der Waals surface area contributed by atoms with Crippen molar-refractivity contribution in [1.82, 2.24) is 29.9 Å². The Morgan fingerprint density at radius 2 is 2.09 bits per heavy atom. The van der Waals surface area contributed by atoms with Crippen LogP contribution in [0.2, 0.25) is 0 Å². The molecule has 8 heteroatoms. The molecule has 0 saturated carbocycles. The first-order chi connectivity index (χ1) is 11.3. The average molecular weight is 308 g/mol. The number of H-pyrrole nitrogens is 1. The second-order valence-corrected chi connectivity index (χ2v) is 5.04. The SMILES string of the molecule is O=c1[nH]cnc2c1cnn2Cc1nc(Cc2ccccc2)no1. The molecule has 3 aromatic heterocycles. The molecule has 1 aromatic carbocycles. The van der Waals surface area contributed by atoms with Crippen LogP contribution in [0, 0.1) is 0 Å². The van der Waals surface area contributed by atoms with Crippen molar-refractivity contribution in [2.24, 2.45) is 0 Å². The van der Waals surface area contributed by atoms with E-state index in [4.69, 9.17) is 4.52 Å². The van der Waals surface area contributed by atoms with Gasteiger partial charge in [0.1, 0.15) is 11.9 Å². The molecule has 0 unspecified atom stereocenters. The van der Waals surface area contributed by atoms with Gasteiger partial charge in [-0.05, 0) is 5.56 Å². The van der Waals surface area contributed by atoms with Gasteiger partial charge in [0.15, 0.2) is 11.5 Å². The van der Waals surface area contributed by atoms with Gasteiger partial charge < -0.3 is 9.51 Å².